The molecule has 0 saturated carbocycles. The van der Waals surface area contributed by atoms with Crippen LogP contribution in [0.5, 0.6) is 5.75 Å². The molecule has 0 atom stereocenters. The summed E-state index contributed by atoms with van der Waals surface area (Å²) in [5.74, 6) is 0.337. The van der Waals surface area contributed by atoms with Gasteiger partial charge in [-0.15, -0.1) is 0 Å². The van der Waals surface area contributed by atoms with E-state index in [0.29, 0.717) is 5.75 Å². The van der Waals surface area contributed by atoms with E-state index in [4.69, 9.17) is 4.74 Å². The van der Waals surface area contributed by atoms with Gasteiger partial charge in [-0.05, 0) is 56.2 Å². The van der Waals surface area contributed by atoms with Crippen LogP contribution in [0.25, 0.3) is 0 Å². The van der Waals surface area contributed by atoms with Crippen molar-refractivity contribution in [1.29, 1.82) is 0 Å². The highest BCUT2D eigenvalue weighted by Crippen LogP contribution is 2.16. The van der Waals surface area contributed by atoms with E-state index in [2.05, 4.69) is 45.5 Å². The molecule has 2 aromatic carbocycles. The van der Waals surface area contributed by atoms with Crippen LogP contribution in [0.15, 0.2) is 46.0 Å². The van der Waals surface area contributed by atoms with Crippen molar-refractivity contribution in [3.63, 3.8) is 0 Å². The maximum atomic E-state index is 11.7. The van der Waals surface area contributed by atoms with E-state index >= 15 is 0 Å². The number of benzene rings is 2. The third-order valence-corrected chi connectivity index (χ3v) is 3.83. The Hall–Kier alpha value is -2.14. The van der Waals surface area contributed by atoms with Crippen molar-refractivity contribution in [1.82, 2.24) is 5.43 Å². The van der Waals surface area contributed by atoms with Gasteiger partial charge in [0.1, 0.15) is 5.75 Å². The molecule has 0 aliphatic rings. The number of ether oxygens (including phenoxy) is 1. The normalized spacial score (nSPS) is 10.8. The molecule has 0 bridgehead atoms. The lowest BCUT2D eigenvalue weighted by atomic mass is 10.0. The lowest BCUT2D eigenvalue weighted by Gasteiger charge is -2.07. The second-order valence-corrected chi connectivity index (χ2v) is 6.26. The summed E-state index contributed by atoms with van der Waals surface area (Å²) in [5.41, 5.74) is 6.97. The molecule has 0 saturated heterocycles. The summed E-state index contributed by atoms with van der Waals surface area (Å²) in [6.45, 7) is 6.03. The largest absolute Gasteiger partial charge is 0.484 e. The van der Waals surface area contributed by atoms with Crippen LogP contribution in [0.1, 0.15) is 22.3 Å². The Morgan fingerprint density at radius 3 is 2.39 bits per heavy atom. The van der Waals surface area contributed by atoms with Crippen molar-refractivity contribution in [3.8, 4) is 5.75 Å². The van der Waals surface area contributed by atoms with E-state index in [9.17, 15) is 4.79 Å². The topological polar surface area (TPSA) is 50.7 Å². The van der Waals surface area contributed by atoms with Gasteiger partial charge < -0.3 is 4.74 Å². The molecule has 4 nitrogen and oxygen atoms in total. The first kappa shape index (κ1) is 17.2. The number of hydrogen-bond acceptors (Lipinski definition) is 3. The van der Waals surface area contributed by atoms with E-state index < -0.39 is 0 Å². The van der Waals surface area contributed by atoms with Gasteiger partial charge in [-0.3, -0.25) is 4.79 Å². The summed E-state index contributed by atoms with van der Waals surface area (Å²) in [5, 5.41) is 4.01. The average Bonchev–Trinajstić information content (AvgIpc) is 2.49. The fourth-order valence-electron chi connectivity index (χ4n) is 2.28. The number of hydrazone groups is 1. The molecule has 0 aliphatic carbocycles. The second kappa shape index (κ2) is 7.92. The van der Waals surface area contributed by atoms with Crippen molar-refractivity contribution in [2.45, 2.75) is 20.8 Å². The molecule has 0 radical (unpaired) electrons. The molecule has 2 rings (SSSR count). The Bertz CT molecular complexity index is 701. The van der Waals surface area contributed by atoms with Gasteiger partial charge in [0.05, 0.1) is 6.21 Å². The average molecular weight is 375 g/mol. The summed E-state index contributed by atoms with van der Waals surface area (Å²) in [6, 6.07) is 11.5. The SMILES string of the molecule is Cc1cc(C)c(/C=N/NC(=O)COc2ccc(Br)cc2)c(C)c1. The van der Waals surface area contributed by atoms with Crippen molar-refractivity contribution >= 4 is 28.1 Å². The fraction of sp³-hybridized carbons (Fsp3) is 0.222. The van der Waals surface area contributed by atoms with Crippen LogP contribution in [0.2, 0.25) is 0 Å². The molecule has 1 N–H and O–H groups in total. The predicted molar refractivity (Wildman–Crippen MR) is 96.0 cm³/mol. The third kappa shape index (κ3) is 5.21. The van der Waals surface area contributed by atoms with Gasteiger partial charge in [0.15, 0.2) is 6.61 Å². The molecule has 5 heteroatoms. The lowest BCUT2D eigenvalue weighted by molar-refractivity contribution is -0.123. The third-order valence-electron chi connectivity index (χ3n) is 3.30. The van der Waals surface area contributed by atoms with Gasteiger partial charge in [0.25, 0.3) is 5.91 Å². The van der Waals surface area contributed by atoms with Crippen LogP contribution in [-0.2, 0) is 4.79 Å². The maximum absolute atomic E-state index is 11.7. The van der Waals surface area contributed by atoms with Crippen molar-refractivity contribution in [3.05, 3.63) is 63.1 Å². The van der Waals surface area contributed by atoms with Gasteiger partial charge in [0, 0.05) is 10.0 Å². The van der Waals surface area contributed by atoms with Gasteiger partial charge in [-0.2, -0.15) is 5.10 Å². The monoisotopic (exact) mass is 374 g/mol. The number of aryl methyl sites for hydroxylation is 3. The molecule has 2 aromatic rings. The number of nitrogens with zero attached hydrogens (tertiary/aromatic N) is 1. The summed E-state index contributed by atoms with van der Waals surface area (Å²) in [6.07, 6.45) is 1.67. The smallest absolute Gasteiger partial charge is 0.277 e. The van der Waals surface area contributed by atoms with Crippen LogP contribution in [-0.4, -0.2) is 18.7 Å². The van der Waals surface area contributed by atoms with Crippen LogP contribution >= 0.6 is 15.9 Å². The van der Waals surface area contributed by atoms with E-state index in [1.165, 1.54) is 5.56 Å². The Kier molecular flexibility index (Phi) is 5.93. The molecule has 0 aromatic heterocycles. The number of carbonyl (C=O) groups is 1. The van der Waals surface area contributed by atoms with Crippen LogP contribution in [0.3, 0.4) is 0 Å². The number of rotatable bonds is 5. The first-order valence-electron chi connectivity index (χ1n) is 7.24. The second-order valence-electron chi connectivity index (χ2n) is 5.35. The lowest BCUT2D eigenvalue weighted by Crippen LogP contribution is -2.24. The Morgan fingerprint density at radius 2 is 1.78 bits per heavy atom. The summed E-state index contributed by atoms with van der Waals surface area (Å²) in [7, 11) is 0. The Labute approximate surface area is 144 Å². The molecule has 0 unspecified atom stereocenters. The number of carbonyl (C=O) groups excluding carboxylic acids is 1. The van der Waals surface area contributed by atoms with Crippen molar-refractivity contribution in [2.75, 3.05) is 6.61 Å². The molecule has 120 valence electrons. The predicted octanol–water partition coefficient (Wildman–Crippen LogP) is 3.90. The first-order valence-corrected chi connectivity index (χ1v) is 8.03. The fourth-order valence-corrected chi connectivity index (χ4v) is 2.54. The minimum absolute atomic E-state index is 0.0785. The van der Waals surface area contributed by atoms with Crippen molar-refractivity contribution < 1.29 is 9.53 Å². The minimum atomic E-state index is -0.299. The molecule has 1 amide bonds. The van der Waals surface area contributed by atoms with Gasteiger partial charge in [-0.25, -0.2) is 5.43 Å². The van der Waals surface area contributed by atoms with Crippen LogP contribution in [0.4, 0.5) is 0 Å². The molecular weight excluding hydrogens is 356 g/mol. The number of nitrogens with one attached hydrogen (secondary N) is 1. The zero-order chi connectivity index (χ0) is 16.8. The molecule has 0 heterocycles. The molecule has 23 heavy (non-hydrogen) atoms. The molecule has 0 spiro atoms. The zero-order valence-electron chi connectivity index (χ0n) is 13.4. The van der Waals surface area contributed by atoms with Gasteiger partial charge in [0.2, 0.25) is 0 Å². The Morgan fingerprint density at radius 1 is 1.17 bits per heavy atom. The van der Waals surface area contributed by atoms with Crippen LogP contribution in [0, 0.1) is 20.8 Å². The quantitative estimate of drug-likeness (QED) is 0.637. The highest BCUT2D eigenvalue weighted by Gasteiger charge is 2.03. The molecular formula is C18H19BrN2O2. The number of halogens is 1. The Balaban J connectivity index is 1.88. The highest BCUT2D eigenvalue weighted by molar-refractivity contribution is 9.10. The van der Waals surface area contributed by atoms with E-state index in [1.54, 1.807) is 18.3 Å². The van der Waals surface area contributed by atoms with E-state index in [1.807, 2.05) is 26.0 Å². The summed E-state index contributed by atoms with van der Waals surface area (Å²) < 4.78 is 6.34. The van der Waals surface area contributed by atoms with E-state index in [0.717, 1.165) is 21.2 Å². The maximum Gasteiger partial charge on any atom is 0.277 e. The van der Waals surface area contributed by atoms with Gasteiger partial charge >= 0.3 is 0 Å². The zero-order valence-corrected chi connectivity index (χ0v) is 15.0. The molecule has 0 aliphatic heterocycles. The molecule has 0 fully saturated rings. The van der Waals surface area contributed by atoms with E-state index in [-0.39, 0.29) is 12.5 Å². The summed E-state index contributed by atoms with van der Waals surface area (Å²) in [4.78, 5) is 11.7. The van der Waals surface area contributed by atoms with Gasteiger partial charge in [-0.1, -0.05) is 33.6 Å². The minimum Gasteiger partial charge on any atom is -0.484 e. The first-order chi connectivity index (χ1) is 11.0. The number of amides is 1. The summed E-state index contributed by atoms with van der Waals surface area (Å²) >= 11 is 3.34. The van der Waals surface area contributed by atoms with Crippen LogP contribution < -0.4 is 10.2 Å². The highest BCUT2D eigenvalue weighted by atomic mass is 79.9. The standard InChI is InChI=1S/C18H19BrN2O2/c1-12-8-13(2)17(14(3)9-12)10-20-21-18(22)11-23-16-6-4-15(19)5-7-16/h4-10H,11H2,1-3H3,(H,21,22)/b20-10+. The van der Waals surface area contributed by atoms with Crippen molar-refractivity contribution in [2.24, 2.45) is 5.10 Å². The number of hydrogen-bond donors (Lipinski definition) is 1.